The minimum atomic E-state index is -1.17. The summed E-state index contributed by atoms with van der Waals surface area (Å²) in [5.74, 6) is 5.54. The molecule has 0 saturated heterocycles. The van der Waals surface area contributed by atoms with E-state index in [9.17, 15) is 0 Å². The van der Waals surface area contributed by atoms with E-state index in [4.69, 9.17) is 0 Å². The van der Waals surface area contributed by atoms with Crippen molar-refractivity contribution in [3.05, 3.63) is 0 Å². The van der Waals surface area contributed by atoms with E-state index in [1.807, 2.05) is 0 Å². The summed E-state index contributed by atoms with van der Waals surface area (Å²) in [5, 5.41) is 0. The molecule has 162 valence electrons. The number of halogens is 1. The van der Waals surface area contributed by atoms with Crippen LogP contribution in [0.4, 0.5) is 0 Å². The highest BCUT2D eigenvalue weighted by Crippen LogP contribution is 2.62. The van der Waals surface area contributed by atoms with Gasteiger partial charge in [0, 0.05) is 19.1 Å². The average Bonchev–Trinajstić information content (AvgIpc) is 3.39. The van der Waals surface area contributed by atoms with Gasteiger partial charge in [-0.1, -0.05) is 113 Å². The van der Waals surface area contributed by atoms with Gasteiger partial charge < -0.3 is 0 Å². The van der Waals surface area contributed by atoms with Crippen LogP contribution < -0.4 is 0 Å². The van der Waals surface area contributed by atoms with E-state index in [0.717, 1.165) is 39.1 Å². The van der Waals surface area contributed by atoms with Gasteiger partial charge in [0.1, 0.15) is 0 Å². The van der Waals surface area contributed by atoms with Gasteiger partial charge in [0.25, 0.3) is 0 Å². The fraction of sp³-hybridized carbons (Fsp3) is 1.00. The molecule has 0 amide bonds. The first-order chi connectivity index (χ1) is 13.3. The monoisotopic (exact) mass is 530 g/mol. The summed E-state index contributed by atoms with van der Waals surface area (Å²) in [5.41, 5.74) is 2.33. The molecule has 0 aliphatic heterocycles. The maximum atomic E-state index is 2.93. The zero-order valence-electron chi connectivity index (χ0n) is 19.5. The van der Waals surface area contributed by atoms with Gasteiger partial charge in [-0.25, -0.2) is 0 Å². The highest BCUT2D eigenvalue weighted by Gasteiger charge is 2.59. The second kappa shape index (κ2) is 8.60. The van der Waals surface area contributed by atoms with Gasteiger partial charge in [-0.05, 0) is 59.9 Å². The average molecular weight is 531 g/mol. The molecule has 4 rings (SSSR count). The Labute approximate surface area is 191 Å². The molecule has 0 nitrogen and oxygen atoms in total. The second-order valence-electron chi connectivity index (χ2n) is 12.5. The Balaban J connectivity index is 1.48. The van der Waals surface area contributed by atoms with E-state index >= 15 is 0 Å². The molecule has 4 aliphatic carbocycles. The summed E-state index contributed by atoms with van der Waals surface area (Å²) in [7, 11) is -2.31. The number of hydrogen-bond donors (Lipinski definition) is 0. The van der Waals surface area contributed by atoms with Crippen molar-refractivity contribution in [2.24, 2.45) is 29.6 Å². The van der Waals surface area contributed by atoms with E-state index in [1.54, 1.807) is 57.8 Å². The Morgan fingerprint density at radius 3 is 2.32 bits per heavy atom. The van der Waals surface area contributed by atoms with Crippen LogP contribution in [-0.2, 0) is 0 Å². The second-order valence-corrected chi connectivity index (χ2v) is 30.1. The van der Waals surface area contributed by atoms with Crippen LogP contribution in [-0.4, -0.2) is 19.1 Å². The molecule has 8 atom stereocenters. The molecule has 0 spiro atoms. The normalized spacial score (nSPS) is 43.9. The minimum absolute atomic E-state index is 1.02. The number of unbranched alkanes of at least 4 members (excludes halogenated alkanes) is 1. The third-order valence-corrected chi connectivity index (χ3v) is 33.7. The van der Waals surface area contributed by atoms with Crippen LogP contribution in [0.1, 0.15) is 84.0 Å². The predicted octanol–water partition coefficient (Wildman–Crippen LogP) is 8.86. The van der Waals surface area contributed by atoms with Crippen molar-refractivity contribution in [1.29, 1.82) is 0 Å². The molecular formula is C25H47ISi2. The van der Waals surface area contributed by atoms with Crippen molar-refractivity contribution >= 4 is 37.8 Å². The van der Waals surface area contributed by atoms with Gasteiger partial charge in [-0.2, -0.15) is 0 Å². The highest BCUT2D eigenvalue weighted by molar-refractivity contribution is 14.1. The fourth-order valence-corrected chi connectivity index (χ4v) is 24.5. The van der Waals surface area contributed by atoms with Crippen LogP contribution in [0.15, 0.2) is 0 Å². The summed E-state index contributed by atoms with van der Waals surface area (Å²) in [6.07, 6.45) is 18.7. The van der Waals surface area contributed by atoms with Crippen molar-refractivity contribution < 1.29 is 0 Å². The lowest BCUT2D eigenvalue weighted by Gasteiger charge is -2.51. The number of hydrogen-bond acceptors (Lipinski definition) is 0. The topological polar surface area (TPSA) is 0 Å². The largest absolute Gasteiger partial charge is 0.0820 e. The van der Waals surface area contributed by atoms with Gasteiger partial charge in [0.05, 0.1) is 0 Å². The molecule has 4 fully saturated rings. The molecule has 0 aromatic rings. The van der Waals surface area contributed by atoms with Gasteiger partial charge in [0.15, 0.2) is 0 Å². The van der Waals surface area contributed by atoms with Crippen molar-refractivity contribution in [3.8, 4) is 0 Å². The van der Waals surface area contributed by atoms with Crippen molar-refractivity contribution in [1.82, 2.24) is 0 Å². The number of alkyl halides is 1. The Morgan fingerprint density at radius 2 is 1.57 bits per heavy atom. The first-order valence-corrected chi connectivity index (χ1v) is 21.3. The number of rotatable bonds is 6. The van der Waals surface area contributed by atoms with Gasteiger partial charge >= 0.3 is 0 Å². The third kappa shape index (κ3) is 3.78. The molecule has 0 heterocycles. The van der Waals surface area contributed by atoms with Crippen LogP contribution in [0, 0.1) is 29.6 Å². The molecule has 0 radical (unpaired) electrons. The molecular weight excluding hydrogens is 483 g/mol. The maximum absolute atomic E-state index is 2.93. The van der Waals surface area contributed by atoms with Gasteiger partial charge in [0.2, 0.25) is 0 Å². The maximum Gasteiger partial charge on any atom is 0.0448 e. The molecule has 0 aromatic heterocycles. The quantitative estimate of drug-likeness (QED) is 0.183. The Bertz CT molecular complexity index is 545. The summed E-state index contributed by atoms with van der Waals surface area (Å²) in [6, 6.07) is 0. The molecule has 0 N–H and O–H groups in total. The molecule has 8 unspecified atom stereocenters. The lowest BCUT2D eigenvalue weighted by atomic mass is 9.71. The predicted molar refractivity (Wildman–Crippen MR) is 139 cm³/mol. The Hall–Kier alpha value is 1.16. The molecule has 0 bridgehead atoms. The summed E-state index contributed by atoms with van der Waals surface area (Å²) in [4.78, 5) is 0. The van der Waals surface area contributed by atoms with Gasteiger partial charge in [-0.3, -0.25) is 0 Å². The summed E-state index contributed by atoms with van der Waals surface area (Å²) in [6.45, 7) is 13.9. The van der Waals surface area contributed by atoms with Crippen molar-refractivity contribution in [3.63, 3.8) is 0 Å². The molecule has 4 saturated carbocycles. The first kappa shape index (κ1) is 22.4. The minimum Gasteiger partial charge on any atom is -0.0820 e. The van der Waals surface area contributed by atoms with E-state index in [1.165, 1.54) is 24.8 Å². The van der Waals surface area contributed by atoms with E-state index in [0.29, 0.717) is 0 Å². The number of fused-ring (bicyclic) bond motifs is 2. The third-order valence-electron chi connectivity index (χ3n) is 11.1. The van der Waals surface area contributed by atoms with Crippen LogP contribution in [0.3, 0.4) is 0 Å². The SMILES string of the molecule is CCCCC1CCC([Si](C)(C)[Si](C)(C)C2CCC3C(I)C4CCCC4CC32)C1. The van der Waals surface area contributed by atoms with Crippen molar-refractivity contribution in [2.45, 2.75) is 125 Å². The van der Waals surface area contributed by atoms with Crippen LogP contribution >= 0.6 is 22.6 Å². The Kier molecular flexibility index (Phi) is 6.87. The molecule has 4 aliphatic rings. The standard InChI is InChI=1S/C25H47ISi2/c1-6-7-9-18-12-13-20(16-18)27(2,3)28(4,5)24-15-14-22-23(24)17-19-10-8-11-21(19)25(22)26/h18-25H,6-17H2,1-5H3. The zero-order valence-corrected chi connectivity index (χ0v) is 23.6. The van der Waals surface area contributed by atoms with E-state index in [-0.39, 0.29) is 0 Å². The lowest BCUT2D eigenvalue weighted by Crippen LogP contribution is -2.61. The fourth-order valence-electron chi connectivity index (χ4n) is 8.66. The lowest BCUT2D eigenvalue weighted by molar-refractivity contribution is 0.173. The van der Waals surface area contributed by atoms with Crippen LogP contribution in [0.25, 0.3) is 0 Å². The Morgan fingerprint density at radius 1 is 0.786 bits per heavy atom. The van der Waals surface area contributed by atoms with Crippen LogP contribution in [0.5, 0.6) is 0 Å². The molecule has 3 heteroatoms. The highest BCUT2D eigenvalue weighted by atomic mass is 127. The van der Waals surface area contributed by atoms with Crippen LogP contribution in [0.2, 0.25) is 37.3 Å². The smallest absolute Gasteiger partial charge is 0.0448 e. The first-order valence-electron chi connectivity index (χ1n) is 12.9. The molecule has 28 heavy (non-hydrogen) atoms. The summed E-state index contributed by atoms with van der Waals surface area (Å²) < 4.78 is 1.02. The summed E-state index contributed by atoms with van der Waals surface area (Å²) >= 11 is 2.93. The van der Waals surface area contributed by atoms with Crippen molar-refractivity contribution in [2.75, 3.05) is 0 Å². The van der Waals surface area contributed by atoms with Gasteiger partial charge in [-0.15, -0.1) is 0 Å². The van der Waals surface area contributed by atoms with E-state index in [2.05, 4.69) is 55.7 Å². The molecule has 0 aromatic carbocycles. The van der Waals surface area contributed by atoms with E-state index < -0.39 is 15.2 Å². The zero-order chi connectivity index (χ0) is 20.1.